The minimum atomic E-state index is -10.7. The maximum Gasteiger partial charge on any atom is -1.00 e. The van der Waals surface area contributed by atoms with Gasteiger partial charge in [-0.1, -0.05) is 135 Å². The molecular weight excluding hydrogens is 928 g/mol. The van der Waals surface area contributed by atoms with E-state index in [1.807, 2.05) is 54.7 Å². The van der Waals surface area contributed by atoms with Gasteiger partial charge in [-0.05, 0) is 81.6 Å². The first-order valence-electron chi connectivity index (χ1n) is 18.6. The Morgan fingerprint density at radius 3 is 1.06 bits per heavy atom. The Morgan fingerprint density at radius 2 is 0.774 bits per heavy atom. The van der Waals surface area contributed by atoms with Crippen molar-refractivity contribution in [3.8, 4) is 6.07 Å². The summed E-state index contributed by atoms with van der Waals surface area (Å²) in [6.45, 7) is 5.56. The van der Waals surface area contributed by atoms with Crippen molar-refractivity contribution in [3.63, 3.8) is 0 Å². The molecule has 7 aromatic rings. The van der Waals surface area contributed by atoms with Crippen molar-refractivity contribution in [2.24, 2.45) is 14.1 Å². The Kier molecular flexibility index (Phi) is 21.9. The van der Waals surface area contributed by atoms with Crippen LogP contribution >= 0.6 is 7.81 Å². The van der Waals surface area contributed by atoms with Crippen LogP contribution in [0.3, 0.4) is 0 Å². The predicted octanol–water partition coefficient (Wildman–Crippen LogP) is 11.5. The number of aryl methyl sites for hydroxylation is 4. The molecule has 3 aromatic heterocycles. The third-order valence-electron chi connectivity index (χ3n) is 8.10. The van der Waals surface area contributed by atoms with Crippen LogP contribution in [0.1, 0.15) is 58.9 Å². The molecule has 3 heterocycles. The monoisotopic (exact) mass is 980 g/mol. The Bertz CT molecular complexity index is 2350. The second-order valence-electron chi connectivity index (χ2n) is 13.3. The molecule has 7 rings (SSSR count). The Hall–Kier alpha value is -5.96. The predicted molar refractivity (Wildman–Crippen MR) is 240 cm³/mol. The molecule has 4 nitrogen and oxygen atoms in total. The van der Waals surface area contributed by atoms with Crippen LogP contribution in [0.2, 0.25) is 0 Å². The molecule has 0 unspecified atom stereocenters. The van der Waals surface area contributed by atoms with E-state index < -0.39 is 7.81 Å². The average Bonchev–Trinajstić information content (AvgIpc) is 3.22. The molecule has 62 heavy (non-hydrogen) atoms. The van der Waals surface area contributed by atoms with Crippen molar-refractivity contribution < 1.29 is 58.3 Å². The summed E-state index contributed by atoms with van der Waals surface area (Å²) in [5, 5.41) is 7.32. The van der Waals surface area contributed by atoms with Crippen LogP contribution in [0.25, 0.3) is 23.3 Å². The van der Waals surface area contributed by atoms with Gasteiger partial charge in [0.05, 0.1) is 6.07 Å². The van der Waals surface area contributed by atoms with Crippen molar-refractivity contribution >= 4 is 31.1 Å². The van der Waals surface area contributed by atoms with E-state index in [0.717, 1.165) is 0 Å². The SMILES string of the molecule is C.CC#N.C[n+]1ccc(/C=C/c2ccc(C(=C(c3ccccc3)c3ccccc3)c3ccccc3)cc2)cc1.Cc1cc[n+](C)cc1.Cc1ccncc1.F[P-](F)(F)(F)(F)F.[I-]. The Labute approximate surface area is 379 Å². The number of halogens is 7. The summed E-state index contributed by atoms with van der Waals surface area (Å²) in [5.74, 6) is 0. The average molecular weight is 981 g/mol. The summed E-state index contributed by atoms with van der Waals surface area (Å²) in [6.07, 6.45) is 16.1. The van der Waals surface area contributed by atoms with E-state index in [1.54, 1.807) is 18.5 Å². The van der Waals surface area contributed by atoms with Crippen LogP contribution < -0.4 is 33.1 Å². The van der Waals surface area contributed by atoms with Crippen molar-refractivity contribution in [2.45, 2.75) is 28.2 Å². The quantitative estimate of drug-likeness (QED) is 0.0548. The van der Waals surface area contributed by atoms with Gasteiger partial charge in [0.15, 0.2) is 24.8 Å². The van der Waals surface area contributed by atoms with Gasteiger partial charge in [-0.3, -0.25) is 4.98 Å². The molecule has 0 amide bonds. The fourth-order valence-corrected chi connectivity index (χ4v) is 5.30. The smallest absolute Gasteiger partial charge is 1.00 e. The van der Waals surface area contributed by atoms with Gasteiger partial charge in [-0.2, -0.15) is 5.26 Å². The van der Waals surface area contributed by atoms with Gasteiger partial charge < -0.3 is 24.0 Å². The van der Waals surface area contributed by atoms with Gasteiger partial charge in [0.1, 0.15) is 14.1 Å². The molecular formula is C50H52F6IN4P. The molecule has 0 aliphatic heterocycles. The number of benzene rings is 4. The molecule has 0 N–H and O–H groups in total. The molecule has 4 aromatic carbocycles. The fourth-order valence-electron chi connectivity index (χ4n) is 5.30. The summed E-state index contributed by atoms with van der Waals surface area (Å²) in [6, 6.07) is 55.0. The zero-order valence-corrected chi connectivity index (χ0v) is 37.5. The van der Waals surface area contributed by atoms with Crippen LogP contribution in [0, 0.1) is 25.2 Å². The summed E-state index contributed by atoms with van der Waals surface area (Å²) in [4.78, 5) is 3.85. The summed E-state index contributed by atoms with van der Waals surface area (Å²) in [5.41, 5.74) is 12.2. The van der Waals surface area contributed by atoms with E-state index >= 15 is 0 Å². The molecule has 12 heteroatoms. The van der Waals surface area contributed by atoms with Crippen molar-refractivity contribution in [1.29, 1.82) is 5.26 Å². The maximum atomic E-state index is 9.87. The number of nitrogens with zero attached hydrogens (tertiary/aromatic N) is 4. The normalized spacial score (nSPS) is 11.1. The first kappa shape index (κ1) is 54.1. The van der Waals surface area contributed by atoms with Gasteiger partial charge in [0, 0.05) is 43.6 Å². The minimum absolute atomic E-state index is 0. The standard InChI is InChI=1S/C34H28N.C7H10N.C6H7N.C2H3N.CH4.F6P.HI/c1-35-25-23-28(24-26-35)18-17-27-19-21-32(22-20-27)34(31-15-9-4-10-16-31)33(29-11-5-2-6-12-29)30-13-7-3-8-14-30;1-7-3-5-8(2)6-4-7;1-6-2-4-7-5-3-6;1-2-3;;1-7(2,3,4,5)6;/h2-26H,1H3;3-6H,1-2H3;2-5H,1H3;1H3;1H4;;1H/q2*+1;;;;-1;/p-1/b18-17+;;;;;;. The molecule has 0 aliphatic carbocycles. The van der Waals surface area contributed by atoms with Crippen molar-refractivity contribution in [2.75, 3.05) is 0 Å². The first-order chi connectivity index (χ1) is 28.3. The Balaban J connectivity index is 0.000000577. The second kappa shape index (κ2) is 25.1. The third-order valence-corrected chi connectivity index (χ3v) is 8.10. The Morgan fingerprint density at radius 1 is 0.500 bits per heavy atom. The van der Waals surface area contributed by atoms with E-state index in [9.17, 15) is 25.2 Å². The third kappa shape index (κ3) is 23.1. The van der Waals surface area contributed by atoms with E-state index in [1.165, 1.54) is 62.6 Å². The topological polar surface area (TPSA) is 44.4 Å². The zero-order valence-electron chi connectivity index (χ0n) is 34.4. The molecule has 0 fully saturated rings. The number of nitriles is 1. The van der Waals surface area contributed by atoms with Gasteiger partial charge in [-0.15, -0.1) is 0 Å². The van der Waals surface area contributed by atoms with E-state index in [4.69, 9.17) is 5.26 Å². The van der Waals surface area contributed by atoms with Crippen LogP contribution in [-0.2, 0) is 14.1 Å². The van der Waals surface area contributed by atoms with Crippen LogP contribution in [-0.4, -0.2) is 4.98 Å². The van der Waals surface area contributed by atoms with Crippen LogP contribution in [0.15, 0.2) is 189 Å². The van der Waals surface area contributed by atoms with E-state index in [-0.39, 0.29) is 31.4 Å². The summed E-state index contributed by atoms with van der Waals surface area (Å²) in [7, 11) is -6.61. The number of aromatic nitrogens is 3. The number of pyridine rings is 3. The minimum Gasteiger partial charge on any atom is -1.00 e. The van der Waals surface area contributed by atoms with E-state index in [2.05, 4.69) is 176 Å². The molecule has 0 saturated carbocycles. The van der Waals surface area contributed by atoms with E-state index in [0.29, 0.717) is 0 Å². The molecule has 0 saturated heterocycles. The molecule has 0 atom stereocenters. The summed E-state index contributed by atoms with van der Waals surface area (Å²) < 4.78 is 63.3. The van der Waals surface area contributed by atoms with Gasteiger partial charge >= 0.3 is 33.0 Å². The van der Waals surface area contributed by atoms with Crippen molar-refractivity contribution in [3.05, 3.63) is 233 Å². The van der Waals surface area contributed by atoms with Gasteiger partial charge in [-0.25, -0.2) is 9.13 Å². The zero-order chi connectivity index (χ0) is 44.1. The molecule has 0 bridgehead atoms. The largest absolute Gasteiger partial charge is 1.00 e. The fraction of sp³-hybridized carbons (Fsp3) is 0.120. The molecule has 0 radical (unpaired) electrons. The summed E-state index contributed by atoms with van der Waals surface area (Å²) >= 11 is 0. The first-order valence-corrected chi connectivity index (χ1v) is 20.7. The van der Waals surface area contributed by atoms with Gasteiger partial charge in [0.25, 0.3) is 0 Å². The maximum absolute atomic E-state index is 10.7. The van der Waals surface area contributed by atoms with Crippen LogP contribution in [0.5, 0.6) is 0 Å². The second-order valence-corrected chi connectivity index (χ2v) is 15.3. The molecule has 326 valence electrons. The van der Waals surface area contributed by atoms with Gasteiger partial charge in [0.2, 0.25) is 0 Å². The number of hydrogen-bond acceptors (Lipinski definition) is 2. The molecule has 0 aliphatic rings. The molecule has 0 spiro atoms. The number of rotatable bonds is 6. The van der Waals surface area contributed by atoms with Crippen LogP contribution in [0.4, 0.5) is 25.2 Å². The van der Waals surface area contributed by atoms with Crippen molar-refractivity contribution in [1.82, 2.24) is 4.98 Å². The number of hydrogen-bond donors (Lipinski definition) is 0.